The molecule has 0 saturated heterocycles. The molecule has 0 atom stereocenters. The number of anilines is 2. The predicted octanol–water partition coefficient (Wildman–Crippen LogP) is 4.29. The first-order valence-corrected chi connectivity index (χ1v) is 8.57. The van der Waals surface area contributed by atoms with E-state index in [0.29, 0.717) is 11.4 Å². The van der Waals surface area contributed by atoms with Crippen molar-refractivity contribution in [3.63, 3.8) is 0 Å². The van der Waals surface area contributed by atoms with Crippen molar-refractivity contribution in [1.29, 1.82) is 0 Å². The molecule has 6 heteroatoms. The van der Waals surface area contributed by atoms with Gasteiger partial charge >= 0.3 is 0 Å². The fourth-order valence-electron chi connectivity index (χ4n) is 2.62. The number of carbonyl (C=O) groups is 3. The van der Waals surface area contributed by atoms with Crippen molar-refractivity contribution in [2.24, 2.45) is 0 Å². The number of rotatable bonds is 6. The van der Waals surface area contributed by atoms with E-state index in [2.05, 4.69) is 10.6 Å². The second kappa shape index (κ2) is 8.73. The van der Waals surface area contributed by atoms with E-state index in [-0.39, 0.29) is 11.1 Å². The van der Waals surface area contributed by atoms with E-state index < -0.39 is 29.8 Å². The summed E-state index contributed by atoms with van der Waals surface area (Å²) in [6, 6.07) is 20.4. The minimum absolute atomic E-state index is 0.158. The summed E-state index contributed by atoms with van der Waals surface area (Å²) in [6.45, 7) is 0. The van der Waals surface area contributed by atoms with Crippen LogP contribution in [0.3, 0.4) is 0 Å². The topological polar surface area (TPSA) is 75.3 Å². The van der Waals surface area contributed by atoms with Gasteiger partial charge in [0.1, 0.15) is 5.82 Å². The van der Waals surface area contributed by atoms with Crippen molar-refractivity contribution >= 4 is 29.0 Å². The van der Waals surface area contributed by atoms with Crippen LogP contribution in [0, 0.1) is 5.82 Å². The molecule has 140 valence electrons. The average Bonchev–Trinajstić information content (AvgIpc) is 2.70. The van der Waals surface area contributed by atoms with E-state index in [9.17, 15) is 18.8 Å². The van der Waals surface area contributed by atoms with Crippen LogP contribution in [-0.2, 0) is 4.79 Å². The minimum Gasteiger partial charge on any atom is -0.326 e. The Balaban J connectivity index is 1.70. The maximum Gasteiger partial charge on any atom is 0.256 e. The van der Waals surface area contributed by atoms with Crippen LogP contribution < -0.4 is 10.6 Å². The Morgan fingerprint density at radius 1 is 0.679 bits per heavy atom. The molecule has 3 aromatic carbocycles. The Kier molecular flexibility index (Phi) is 5.91. The van der Waals surface area contributed by atoms with Crippen LogP contribution in [0.5, 0.6) is 0 Å². The highest BCUT2D eigenvalue weighted by molar-refractivity contribution is 6.17. The monoisotopic (exact) mass is 376 g/mol. The van der Waals surface area contributed by atoms with Gasteiger partial charge in [0.15, 0.2) is 5.78 Å². The zero-order valence-electron chi connectivity index (χ0n) is 14.8. The van der Waals surface area contributed by atoms with Crippen molar-refractivity contribution in [2.75, 3.05) is 10.6 Å². The van der Waals surface area contributed by atoms with Crippen LogP contribution in [0.2, 0.25) is 0 Å². The van der Waals surface area contributed by atoms with Crippen LogP contribution in [0.25, 0.3) is 0 Å². The number of halogens is 1. The van der Waals surface area contributed by atoms with E-state index in [0.717, 1.165) is 0 Å². The van der Waals surface area contributed by atoms with Crippen LogP contribution in [-0.4, -0.2) is 17.6 Å². The Bertz CT molecular complexity index is 1000. The summed E-state index contributed by atoms with van der Waals surface area (Å²) in [4.78, 5) is 37.3. The highest BCUT2D eigenvalue weighted by Crippen LogP contribution is 2.16. The number of para-hydroxylation sites is 1. The lowest BCUT2D eigenvalue weighted by atomic mass is 10.0. The third-order valence-corrected chi connectivity index (χ3v) is 3.95. The Morgan fingerprint density at radius 2 is 1.25 bits per heavy atom. The molecule has 0 bridgehead atoms. The summed E-state index contributed by atoms with van der Waals surface area (Å²) in [5.74, 6) is -1.89. The smallest absolute Gasteiger partial charge is 0.256 e. The van der Waals surface area contributed by atoms with Crippen LogP contribution in [0.1, 0.15) is 27.1 Å². The summed E-state index contributed by atoms with van der Waals surface area (Å²) in [6.07, 6.45) is -0.437. The number of carbonyl (C=O) groups excluding carboxylic acids is 3. The van der Waals surface area contributed by atoms with Gasteiger partial charge in [0.05, 0.1) is 12.0 Å². The second-order valence-electron chi connectivity index (χ2n) is 6.02. The summed E-state index contributed by atoms with van der Waals surface area (Å²) in [7, 11) is 0. The molecule has 3 rings (SSSR count). The van der Waals surface area contributed by atoms with Gasteiger partial charge < -0.3 is 10.6 Å². The van der Waals surface area contributed by atoms with Crippen molar-refractivity contribution in [1.82, 2.24) is 0 Å². The Labute approximate surface area is 161 Å². The highest BCUT2D eigenvalue weighted by Gasteiger charge is 2.19. The van der Waals surface area contributed by atoms with Crippen LogP contribution in [0.15, 0.2) is 78.9 Å². The molecule has 0 aliphatic rings. The maximum absolute atomic E-state index is 12.9. The number of ketones is 1. The number of Topliss-reactive ketones (excluding diaryl/α,β-unsaturated/α-hetero) is 1. The Hall–Kier alpha value is -3.80. The maximum atomic E-state index is 12.9. The zero-order valence-corrected chi connectivity index (χ0v) is 14.8. The third kappa shape index (κ3) is 4.88. The SMILES string of the molecule is O=C(CC(=O)c1ccccc1C(=O)Nc1ccccc1)Nc1ccc(F)cc1. The lowest BCUT2D eigenvalue weighted by Crippen LogP contribution is -2.20. The van der Waals surface area contributed by atoms with Gasteiger partial charge in [0.25, 0.3) is 5.91 Å². The molecule has 0 aromatic heterocycles. The van der Waals surface area contributed by atoms with Crippen LogP contribution >= 0.6 is 0 Å². The standard InChI is InChI=1S/C22H17FN2O3/c23-15-10-12-17(13-11-15)24-21(27)14-20(26)18-8-4-5-9-19(18)22(28)25-16-6-2-1-3-7-16/h1-13H,14H2,(H,24,27)(H,25,28). The molecule has 0 radical (unpaired) electrons. The van der Waals surface area contributed by atoms with E-state index in [1.54, 1.807) is 36.4 Å². The molecule has 0 saturated carbocycles. The van der Waals surface area contributed by atoms with Crippen molar-refractivity contribution in [3.8, 4) is 0 Å². The molecule has 0 aliphatic heterocycles. The van der Waals surface area contributed by atoms with Gasteiger partial charge in [-0.2, -0.15) is 0 Å². The lowest BCUT2D eigenvalue weighted by Gasteiger charge is -2.10. The third-order valence-electron chi connectivity index (χ3n) is 3.95. The number of hydrogen-bond acceptors (Lipinski definition) is 3. The summed E-state index contributed by atoms with van der Waals surface area (Å²) in [5, 5.41) is 5.26. The molecule has 0 heterocycles. The fourth-order valence-corrected chi connectivity index (χ4v) is 2.62. The van der Waals surface area contributed by atoms with Gasteiger partial charge in [-0.15, -0.1) is 0 Å². The lowest BCUT2D eigenvalue weighted by molar-refractivity contribution is -0.115. The predicted molar refractivity (Wildman–Crippen MR) is 105 cm³/mol. The number of hydrogen-bond donors (Lipinski definition) is 2. The molecule has 0 aliphatic carbocycles. The first-order valence-electron chi connectivity index (χ1n) is 8.57. The summed E-state index contributed by atoms with van der Waals surface area (Å²) >= 11 is 0. The van der Waals surface area contributed by atoms with Crippen molar-refractivity contribution < 1.29 is 18.8 Å². The summed E-state index contributed by atoms with van der Waals surface area (Å²) in [5.41, 5.74) is 1.33. The molecule has 2 N–H and O–H groups in total. The van der Waals surface area contributed by atoms with Crippen molar-refractivity contribution in [3.05, 3.63) is 95.8 Å². The van der Waals surface area contributed by atoms with Gasteiger partial charge in [-0.3, -0.25) is 14.4 Å². The number of benzene rings is 3. The molecule has 0 unspecified atom stereocenters. The molecule has 0 spiro atoms. The number of nitrogens with one attached hydrogen (secondary N) is 2. The largest absolute Gasteiger partial charge is 0.326 e. The molecular weight excluding hydrogens is 359 g/mol. The molecule has 5 nitrogen and oxygen atoms in total. The summed E-state index contributed by atoms with van der Waals surface area (Å²) < 4.78 is 12.9. The van der Waals surface area contributed by atoms with Gasteiger partial charge in [-0.25, -0.2) is 4.39 Å². The second-order valence-corrected chi connectivity index (χ2v) is 6.02. The molecule has 28 heavy (non-hydrogen) atoms. The number of amides is 2. The zero-order chi connectivity index (χ0) is 19.9. The normalized spacial score (nSPS) is 10.2. The fraction of sp³-hybridized carbons (Fsp3) is 0.0455. The highest BCUT2D eigenvalue weighted by atomic mass is 19.1. The van der Waals surface area contributed by atoms with E-state index in [1.165, 1.54) is 36.4 Å². The van der Waals surface area contributed by atoms with E-state index in [1.807, 2.05) is 6.07 Å². The van der Waals surface area contributed by atoms with Gasteiger partial charge in [-0.1, -0.05) is 36.4 Å². The quantitative estimate of drug-likeness (QED) is 0.498. The molecular formula is C22H17FN2O3. The van der Waals surface area contributed by atoms with Crippen molar-refractivity contribution in [2.45, 2.75) is 6.42 Å². The molecule has 0 fully saturated rings. The van der Waals surface area contributed by atoms with Crippen LogP contribution in [0.4, 0.5) is 15.8 Å². The molecule has 3 aromatic rings. The first-order chi connectivity index (χ1) is 13.5. The first kappa shape index (κ1) is 19.0. The Morgan fingerprint density at radius 3 is 1.93 bits per heavy atom. The van der Waals surface area contributed by atoms with Gasteiger partial charge in [-0.05, 0) is 42.5 Å². The van der Waals surface area contributed by atoms with E-state index >= 15 is 0 Å². The molecule has 2 amide bonds. The average molecular weight is 376 g/mol. The van der Waals surface area contributed by atoms with Gasteiger partial charge in [0, 0.05) is 16.9 Å². The van der Waals surface area contributed by atoms with Gasteiger partial charge in [0.2, 0.25) is 5.91 Å². The van der Waals surface area contributed by atoms with E-state index in [4.69, 9.17) is 0 Å². The minimum atomic E-state index is -0.546.